The molecule has 19 heavy (non-hydrogen) atoms. The van der Waals surface area contributed by atoms with Crippen molar-refractivity contribution in [3.63, 3.8) is 0 Å². The van der Waals surface area contributed by atoms with Crippen molar-refractivity contribution in [2.75, 3.05) is 11.1 Å². The first-order chi connectivity index (χ1) is 8.92. The summed E-state index contributed by atoms with van der Waals surface area (Å²) in [7, 11) is 0. The van der Waals surface area contributed by atoms with Crippen LogP contribution in [0, 0.1) is 18.3 Å². The van der Waals surface area contributed by atoms with Gasteiger partial charge in [0.05, 0.1) is 11.4 Å². The Morgan fingerprint density at radius 3 is 2.74 bits per heavy atom. The monoisotopic (exact) mass is 260 g/mol. The van der Waals surface area contributed by atoms with Gasteiger partial charge in [-0.3, -0.25) is 4.79 Å². The van der Waals surface area contributed by atoms with Crippen LogP contribution in [0.5, 0.6) is 0 Å². The topological polar surface area (TPSA) is 55.1 Å². The predicted molar refractivity (Wildman–Crippen MR) is 80.0 cm³/mol. The maximum Gasteiger partial charge on any atom is 0.228 e. The van der Waals surface area contributed by atoms with Crippen LogP contribution in [0.4, 0.5) is 11.4 Å². The zero-order valence-corrected chi connectivity index (χ0v) is 12.1. The van der Waals surface area contributed by atoms with Gasteiger partial charge in [0.2, 0.25) is 5.91 Å². The summed E-state index contributed by atoms with van der Waals surface area (Å²) < 4.78 is 0. The zero-order valence-electron chi connectivity index (χ0n) is 12.1. The summed E-state index contributed by atoms with van der Waals surface area (Å²) in [4.78, 5) is 12.5. The zero-order chi connectivity index (χ0) is 14.0. The van der Waals surface area contributed by atoms with Gasteiger partial charge in [-0.25, -0.2) is 0 Å². The van der Waals surface area contributed by atoms with Crippen LogP contribution in [0.3, 0.4) is 0 Å². The van der Waals surface area contributed by atoms with E-state index in [1.54, 1.807) is 0 Å². The molecule has 3 nitrogen and oxygen atoms in total. The molecular weight excluding hydrogens is 236 g/mol. The maximum absolute atomic E-state index is 12.5. The van der Waals surface area contributed by atoms with Crippen LogP contribution in [0.2, 0.25) is 0 Å². The highest BCUT2D eigenvalue weighted by molar-refractivity contribution is 5.96. The Bertz CT molecular complexity index is 459. The third-order valence-electron chi connectivity index (χ3n) is 4.38. The van der Waals surface area contributed by atoms with Crippen molar-refractivity contribution in [1.29, 1.82) is 0 Å². The third-order valence-corrected chi connectivity index (χ3v) is 4.38. The van der Waals surface area contributed by atoms with Gasteiger partial charge in [0, 0.05) is 5.92 Å². The highest BCUT2D eigenvalue weighted by atomic mass is 16.1. The summed E-state index contributed by atoms with van der Waals surface area (Å²) in [6.45, 7) is 6.35. The van der Waals surface area contributed by atoms with Crippen LogP contribution in [-0.4, -0.2) is 5.91 Å². The van der Waals surface area contributed by atoms with Gasteiger partial charge >= 0.3 is 0 Å². The molecule has 104 valence electrons. The lowest BCUT2D eigenvalue weighted by molar-refractivity contribution is -0.124. The Labute approximate surface area is 115 Å². The fraction of sp³-hybridized carbons (Fsp3) is 0.562. The summed E-state index contributed by atoms with van der Waals surface area (Å²) >= 11 is 0. The molecule has 0 aliphatic heterocycles. The summed E-state index contributed by atoms with van der Waals surface area (Å²) in [6, 6.07) is 5.71. The SMILES string of the molecule is Cc1cccc(N)c1NC(=O)C1CCCCC1(C)C. The molecule has 2 rings (SSSR count). The van der Waals surface area contributed by atoms with Crippen molar-refractivity contribution in [3.05, 3.63) is 23.8 Å². The first-order valence-corrected chi connectivity index (χ1v) is 7.08. The van der Waals surface area contributed by atoms with E-state index in [-0.39, 0.29) is 17.2 Å². The van der Waals surface area contributed by atoms with Crippen molar-refractivity contribution in [2.45, 2.75) is 46.5 Å². The quantitative estimate of drug-likeness (QED) is 0.796. The minimum Gasteiger partial charge on any atom is -0.397 e. The number of hydrogen-bond acceptors (Lipinski definition) is 2. The van der Waals surface area contributed by atoms with E-state index in [4.69, 9.17) is 5.73 Å². The normalized spacial score (nSPS) is 21.9. The number of aryl methyl sites for hydroxylation is 1. The van der Waals surface area contributed by atoms with Crippen LogP contribution >= 0.6 is 0 Å². The average molecular weight is 260 g/mol. The number of nitrogen functional groups attached to an aromatic ring is 1. The van der Waals surface area contributed by atoms with Gasteiger partial charge in [-0.05, 0) is 36.8 Å². The summed E-state index contributed by atoms with van der Waals surface area (Å²) in [5, 5.41) is 3.04. The van der Waals surface area contributed by atoms with Crippen LogP contribution in [0.25, 0.3) is 0 Å². The van der Waals surface area contributed by atoms with Gasteiger partial charge in [-0.1, -0.05) is 38.8 Å². The molecule has 0 aromatic heterocycles. The third kappa shape index (κ3) is 2.91. The minimum absolute atomic E-state index is 0.0831. The van der Waals surface area contributed by atoms with E-state index in [2.05, 4.69) is 19.2 Å². The maximum atomic E-state index is 12.5. The van der Waals surface area contributed by atoms with E-state index < -0.39 is 0 Å². The molecule has 1 aliphatic rings. The van der Waals surface area contributed by atoms with Crippen LogP contribution in [0.15, 0.2) is 18.2 Å². The summed E-state index contributed by atoms with van der Waals surface area (Å²) in [5.41, 5.74) is 8.46. The fourth-order valence-electron chi connectivity index (χ4n) is 3.05. The Morgan fingerprint density at radius 2 is 2.11 bits per heavy atom. The number of benzene rings is 1. The van der Waals surface area contributed by atoms with Crippen molar-refractivity contribution >= 4 is 17.3 Å². The molecule has 0 bridgehead atoms. The second kappa shape index (κ2) is 5.24. The number of nitrogens with one attached hydrogen (secondary N) is 1. The van der Waals surface area contributed by atoms with E-state index >= 15 is 0 Å². The van der Waals surface area contributed by atoms with Gasteiger partial charge in [0.25, 0.3) is 0 Å². The molecule has 1 amide bonds. The van der Waals surface area contributed by atoms with Crippen molar-refractivity contribution < 1.29 is 4.79 Å². The van der Waals surface area contributed by atoms with Gasteiger partial charge < -0.3 is 11.1 Å². The molecule has 0 radical (unpaired) electrons. The van der Waals surface area contributed by atoms with Crippen molar-refractivity contribution in [3.8, 4) is 0 Å². The number of carbonyl (C=O) groups excluding carboxylic acids is 1. The second-order valence-electron chi connectivity index (χ2n) is 6.32. The molecule has 3 heteroatoms. The second-order valence-corrected chi connectivity index (χ2v) is 6.32. The molecule has 1 aromatic carbocycles. The lowest BCUT2D eigenvalue weighted by Gasteiger charge is -2.37. The molecule has 1 fully saturated rings. The van der Waals surface area contributed by atoms with E-state index in [1.165, 1.54) is 6.42 Å². The van der Waals surface area contributed by atoms with Gasteiger partial charge in [-0.15, -0.1) is 0 Å². The standard InChI is InChI=1S/C16H24N2O/c1-11-7-6-9-13(17)14(11)18-15(19)12-8-4-5-10-16(12,2)3/h6-7,9,12H,4-5,8,10,17H2,1-3H3,(H,18,19). The van der Waals surface area contributed by atoms with E-state index in [0.29, 0.717) is 5.69 Å². The lowest BCUT2D eigenvalue weighted by Crippen LogP contribution is -2.37. The molecule has 1 atom stereocenters. The van der Waals surface area contributed by atoms with Gasteiger partial charge in [0.1, 0.15) is 0 Å². The Balaban J connectivity index is 2.17. The number of carbonyl (C=O) groups is 1. The molecule has 0 saturated heterocycles. The molecule has 0 heterocycles. The smallest absolute Gasteiger partial charge is 0.228 e. The van der Waals surface area contributed by atoms with Crippen molar-refractivity contribution in [2.24, 2.45) is 11.3 Å². The fourth-order valence-corrected chi connectivity index (χ4v) is 3.05. The number of anilines is 2. The van der Waals surface area contributed by atoms with Gasteiger partial charge in [0.15, 0.2) is 0 Å². The Hall–Kier alpha value is -1.51. The van der Waals surface area contributed by atoms with Crippen LogP contribution in [0.1, 0.15) is 45.1 Å². The molecule has 3 N–H and O–H groups in total. The first kappa shape index (κ1) is 13.9. The highest BCUT2D eigenvalue weighted by Gasteiger charge is 2.37. The molecule has 0 spiro atoms. The van der Waals surface area contributed by atoms with Crippen LogP contribution in [-0.2, 0) is 4.79 Å². The Morgan fingerprint density at radius 1 is 1.37 bits per heavy atom. The first-order valence-electron chi connectivity index (χ1n) is 7.08. The number of nitrogens with two attached hydrogens (primary N) is 1. The lowest BCUT2D eigenvalue weighted by atomic mass is 9.68. The van der Waals surface area contributed by atoms with E-state index in [1.807, 2.05) is 25.1 Å². The molecule has 1 unspecified atom stereocenters. The van der Waals surface area contributed by atoms with E-state index in [0.717, 1.165) is 30.5 Å². The number of rotatable bonds is 2. The molecule has 1 saturated carbocycles. The van der Waals surface area contributed by atoms with Crippen molar-refractivity contribution in [1.82, 2.24) is 0 Å². The van der Waals surface area contributed by atoms with E-state index in [9.17, 15) is 4.79 Å². The molecule has 1 aliphatic carbocycles. The van der Waals surface area contributed by atoms with Crippen LogP contribution < -0.4 is 11.1 Å². The largest absolute Gasteiger partial charge is 0.397 e. The number of amides is 1. The molecular formula is C16H24N2O. The summed E-state index contributed by atoms with van der Waals surface area (Å²) in [6.07, 6.45) is 4.47. The minimum atomic E-state index is 0.0831. The van der Waals surface area contributed by atoms with Gasteiger partial charge in [-0.2, -0.15) is 0 Å². The number of para-hydroxylation sites is 1. The number of hydrogen-bond donors (Lipinski definition) is 2. The Kier molecular flexibility index (Phi) is 3.83. The average Bonchev–Trinajstić information content (AvgIpc) is 2.33. The summed E-state index contributed by atoms with van der Waals surface area (Å²) in [5.74, 6) is 0.200. The highest BCUT2D eigenvalue weighted by Crippen LogP contribution is 2.41. The molecule has 1 aromatic rings. The predicted octanol–water partition coefficient (Wildman–Crippen LogP) is 3.73.